The second-order valence-electron chi connectivity index (χ2n) is 8.75. The van der Waals surface area contributed by atoms with Crippen LogP contribution in [-0.2, 0) is 4.79 Å². The first-order valence-corrected chi connectivity index (χ1v) is 12.6. The zero-order valence-corrected chi connectivity index (χ0v) is 23.6. The van der Waals surface area contributed by atoms with E-state index in [1.54, 1.807) is 0 Å². The molecule has 0 aromatic carbocycles. The van der Waals surface area contributed by atoms with Crippen molar-refractivity contribution in [1.82, 2.24) is 4.90 Å². The summed E-state index contributed by atoms with van der Waals surface area (Å²) in [5.74, 6) is -0.911. The Morgan fingerprint density at radius 1 is 0.690 bits per heavy atom. The third-order valence-electron chi connectivity index (χ3n) is 5.99. The summed E-state index contributed by atoms with van der Waals surface area (Å²) in [5.41, 5.74) is 0. The zero-order chi connectivity index (χ0) is 20.9. The van der Waals surface area contributed by atoms with E-state index in [0.29, 0.717) is 6.04 Å². The molecule has 3 nitrogen and oxygen atoms in total. The molecule has 0 radical (unpaired) electrons. The molecule has 1 atom stereocenters. The van der Waals surface area contributed by atoms with Crippen molar-refractivity contribution in [3.05, 3.63) is 0 Å². The molecule has 4 heteroatoms. The van der Waals surface area contributed by atoms with E-state index >= 15 is 0 Å². The van der Waals surface area contributed by atoms with Gasteiger partial charge < -0.3 is 14.8 Å². The van der Waals surface area contributed by atoms with Gasteiger partial charge in [-0.1, -0.05) is 104 Å². The van der Waals surface area contributed by atoms with Gasteiger partial charge in [-0.3, -0.25) is 0 Å². The third kappa shape index (κ3) is 23.6. The molecular weight excluding hydrogens is 385 g/mol. The number of carbonyl (C=O) groups is 1. The van der Waals surface area contributed by atoms with Crippen molar-refractivity contribution < 1.29 is 61.3 Å². The van der Waals surface area contributed by atoms with Crippen molar-refractivity contribution in [1.29, 1.82) is 0 Å². The van der Waals surface area contributed by atoms with Crippen LogP contribution in [0.15, 0.2) is 0 Å². The van der Waals surface area contributed by atoms with Gasteiger partial charge >= 0.3 is 51.4 Å². The minimum absolute atomic E-state index is 0. The van der Waals surface area contributed by atoms with Gasteiger partial charge in [0.1, 0.15) is 0 Å². The molecule has 0 saturated carbocycles. The quantitative estimate of drug-likeness (QED) is 0.193. The van der Waals surface area contributed by atoms with E-state index in [1.165, 1.54) is 103 Å². The van der Waals surface area contributed by atoms with Gasteiger partial charge in [0.25, 0.3) is 0 Å². The van der Waals surface area contributed by atoms with Gasteiger partial charge in [0.05, 0.1) is 0 Å². The summed E-state index contributed by atoms with van der Waals surface area (Å²) in [5, 5.41) is 10.8. The van der Waals surface area contributed by atoms with Crippen LogP contribution in [0.25, 0.3) is 0 Å². The average molecular weight is 436 g/mol. The molecular formula is C25H50KNO2. The summed E-state index contributed by atoms with van der Waals surface area (Å²) in [7, 11) is 0. The van der Waals surface area contributed by atoms with Crippen molar-refractivity contribution in [2.45, 2.75) is 142 Å². The molecule has 0 aromatic rings. The fourth-order valence-corrected chi connectivity index (χ4v) is 3.96. The summed E-state index contributed by atoms with van der Waals surface area (Å²) in [6.07, 6.45) is 22.4. The van der Waals surface area contributed by atoms with Gasteiger partial charge in [0, 0.05) is 12.0 Å². The predicted octanol–water partition coefficient (Wildman–Crippen LogP) is 3.49. The van der Waals surface area contributed by atoms with Crippen LogP contribution < -0.4 is 56.5 Å². The van der Waals surface area contributed by atoms with Crippen LogP contribution in [0.1, 0.15) is 136 Å². The molecule has 0 aliphatic rings. The fraction of sp³-hybridized carbons (Fsp3) is 0.960. The van der Waals surface area contributed by atoms with Crippen molar-refractivity contribution in [2.75, 3.05) is 13.1 Å². The van der Waals surface area contributed by atoms with Crippen molar-refractivity contribution in [3.8, 4) is 0 Å². The molecule has 0 aromatic heterocycles. The Morgan fingerprint density at radius 2 is 1.03 bits per heavy atom. The molecule has 29 heavy (non-hydrogen) atoms. The summed E-state index contributed by atoms with van der Waals surface area (Å²) in [6, 6.07) is 0.354. The molecule has 0 saturated heterocycles. The minimum Gasteiger partial charge on any atom is -0.550 e. The van der Waals surface area contributed by atoms with Gasteiger partial charge in [-0.15, -0.1) is 0 Å². The van der Waals surface area contributed by atoms with Crippen molar-refractivity contribution >= 4 is 5.97 Å². The fourth-order valence-electron chi connectivity index (χ4n) is 3.96. The van der Waals surface area contributed by atoms with Crippen LogP contribution in [0, 0.1) is 0 Å². The van der Waals surface area contributed by atoms with E-state index in [-0.39, 0.29) is 57.8 Å². The molecule has 168 valence electrons. The van der Waals surface area contributed by atoms with E-state index in [9.17, 15) is 9.90 Å². The number of hydrogen-bond donors (Lipinski definition) is 0. The van der Waals surface area contributed by atoms with Crippen LogP contribution in [0.3, 0.4) is 0 Å². The van der Waals surface area contributed by atoms with Gasteiger partial charge in [0.15, 0.2) is 0 Å². The van der Waals surface area contributed by atoms with Crippen LogP contribution in [0.2, 0.25) is 0 Å². The van der Waals surface area contributed by atoms with E-state index in [4.69, 9.17) is 0 Å². The maximum Gasteiger partial charge on any atom is 1.00 e. The summed E-state index contributed by atoms with van der Waals surface area (Å²) in [4.78, 5) is 13.4. The van der Waals surface area contributed by atoms with Crippen LogP contribution in [0.4, 0.5) is 0 Å². The molecule has 0 spiro atoms. The first kappa shape index (κ1) is 32.2. The predicted molar refractivity (Wildman–Crippen MR) is 120 cm³/mol. The molecule has 0 fully saturated rings. The number of carboxylic acid groups (broad SMARTS) is 1. The van der Waals surface area contributed by atoms with E-state index in [1.807, 2.05) is 0 Å². The number of aliphatic carboxylic acids is 1. The second kappa shape index (κ2) is 25.3. The molecule has 0 aliphatic heterocycles. The van der Waals surface area contributed by atoms with Crippen molar-refractivity contribution in [3.63, 3.8) is 0 Å². The summed E-state index contributed by atoms with van der Waals surface area (Å²) >= 11 is 0. The van der Waals surface area contributed by atoms with Crippen molar-refractivity contribution in [2.24, 2.45) is 0 Å². The maximum absolute atomic E-state index is 10.8. The number of rotatable bonds is 22. The molecule has 0 amide bonds. The van der Waals surface area contributed by atoms with E-state index in [0.717, 1.165) is 19.5 Å². The molecule has 0 N–H and O–H groups in total. The van der Waals surface area contributed by atoms with Gasteiger partial charge in [0.2, 0.25) is 0 Å². The third-order valence-corrected chi connectivity index (χ3v) is 5.99. The molecule has 0 bridgehead atoms. The zero-order valence-electron chi connectivity index (χ0n) is 20.5. The Hall–Kier alpha value is 1.07. The van der Waals surface area contributed by atoms with Crippen LogP contribution >= 0.6 is 0 Å². The molecule has 0 heterocycles. The first-order chi connectivity index (χ1) is 13.6. The standard InChI is InChI=1S/C25H51NO2.K/c1-4-6-8-10-12-14-16-18-22-26(24(3)20-21-25(27)28)23-19-17-15-13-11-9-7-5-2;/h24H,4-23H2,1-3H3,(H,27,28);/q;+1/p-1. The van der Waals surface area contributed by atoms with Crippen LogP contribution in [0.5, 0.6) is 0 Å². The maximum atomic E-state index is 10.8. The Kier molecular flexibility index (Phi) is 28.2. The number of carbonyl (C=O) groups excluding carboxylic acids is 1. The van der Waals surface area contributed by atoms with Gasteiger partial charge in [-0.25, -0.2) is 0 Å². The normalized spacial score (nSPS) is 12.1. The minimum atomic E-state index is -0.911. The number of nitrogens with zero attached hydrogens (tertiary/aromatic N) is 1. The Labute approximate surface area is 225 Å². The molecule has 1 unspecified atom stereocenters. The average Bonchev–Trinajstić information content (AvgIpc) is 2.68. The number of hydrogen-bond acceptors (Lipinski definition) is 3. The Balaban J connectivity index is 0. The molecule has 0 rings (SSSR count). The number of unbranched alkanes of at least 4 members (excludes halogenated alkanes) is 14. The number of carboxylic acids is 1. The monoisotopic (exact) mass is 435 g/mol. The van der Waals surface area contributed by atoms with E-state index in [2.05, 4.69) is 25.7 Å². The van der Waals surface area contributed by atoms with Gasteiger partial charge in [-0.2, -0.15) is 0 Å². The Bertz CT molecular complexity index is 319. The Morgan fingerprint density at radius 3 is 1.38 bits per heavy atom. The summed E-state index contributed by atoms with van der Waals surface area (Å²) < 4.78 is 0. The summed E-state index contributed by atoms with van der Waals surface area (Å²) in [6.45, 7) is 8.98. The smallest absolute Gasteiger partial charge is 0.550 e. The largest absolute Gasteiger partial charge is 1.00 e. The van der Waals surface area contributed by atoms with Gasteiger partial charge in [-0.05, 0) is 45.7 Å². The first-order valence-electron chi connectivity index (χ1n) is 12.6. The SMILES string of the molecule is CCCCCCCCCCN(CCCCCCCCCC)C(C)CCC(=O)[O-].[K+]. The topological polar surface area (TPSA) is 43.4 Å². The molecule has 0 aliphatic carbocycles. The van der Waals surface area contributed by atoms with E-state index < -0.39 is 5.97 Å². The second-order valence-corrected chi connectivity index (χ2v) is 8.75. The van der Waals surface area contributed by atoms with Crippen LogP contribution in [-0.4, -0.2) is 30.0 Å².